The molecule has 0 radical (unpaired) electrons. The van der Waals surface area contributed by atoms with Gasteiger partial charge in [0, 0.05) is 26.3 Å². The zero-order valence-corrected chi connectivity index (χ0v) is 10.9. The molecule has 0 heterocycles. The Labute approximate surface area is 97.6 Å². The quantitative estimate of drug-likeness (QED) is 0.516. The van der Waals surface area contributed by atoms with Crippen LogP contribution in [-0.2, 0) is 14.9 Å². The van der Waals surface area contributed by atoms with Crippen molar-refractivity contribution in [1.29, 1.82) is 0 Å². The summed E-state index contributed by atoms with van der Waals surface area (Å²) in [5.41, 5.74) is 0. The average molecular weight is 254 g/mol. The van der Waals surface area contributed by atoms with Gasteiger partial charge in [0.25, 0.3) is 10.2 Å². The van der Waals surface area contributed by atoms with Crippen molar-refractivity contribution in [2.45, 2.75) is 26.3 Å². The van der Waals surface area contributed by atoms with Crippen LogP contribution < -0.4 is 9.44 Å². The number of nitrogens with one attached hydrogen (secondary N) is 2. The van der Waals surface area contributed by atoms with Crippen molar-refractivity contribution in [1.82, 2.24) is 9.44 Å². The topological polar surface area (TPSA) is 87.7 Å². The van der Waals surface area contributed by atoms with Crippen molar-refractivity contribution in [3.63, 3.8) is 0 Å². The number of methoxy groups -OCH3 is 1. The molecular weight excluding hydrogens is 232 g/mol. The number of aliphatic hydroxyl groups is 1. The second-order valence-electron chi connectivity index (χ2n) is 4.03. The van der Waals surface area contributed by atoms with Gasteiger partial charge in [-0.3, -0.25) is 0 Å². The van der Waals surface area contributed by atoms with Crippen molar-refractivity contribution in [3.8, 4) is 0 Å². The van der Waals surface area contributed by atoms with Crippen LogP contribution in [0.25, 0.3) is 0 Å². The van der Waals surface area contributed by atoms with E-state index in [1.54, 1.807) is 0 Å². The Kier molecular flexibility index (Phi) is 7.86. The van der Waals surface area contributed by atoms with Crippen molar-refractivity contribution in [2.75, 3.05) is 26.9 Å². The molecule has 0 aromatic carbocycles. The van der Waals surface area contributed by atoms with Crippen LogP contribution in [-0.4, -0.2) is 46.4 Å². The maximum atomic E-state index is 11.5. The lowest BCUT2D eigenvalue weighted by atomic mass is 10.2. The number of ether oxygens (including phenoxy) is 1. The Morgan fingerprint density at radius 1 is 1.38 bits per heavy atom. The Hall–Kier alpha value is -0.210. The summed E-state index contributed by atoms with van der Waals surface area (Å²) in [6, 6.07) is -0.403. The standard InChI is InChI=1S/C9H22N2O4S/c1-8(2)6-10-16(13,14)11-9(4-5-12)7-15-3/h8-12H,4-7H2,1-3H3. The zero-order valence-electron chi connectivity index (χ0n) is 10.1. The number of aliphatic hydroxyl groups excluding tert-OH is 1. The lowest BCUT2D eigenvalue weighted by Gasteiger charge is -2.17. The van der Waals surface area contributed by atoms with Crippen LogP contribution in [0.15, 0.2) is 0 Å². The predicted octanol–water partition coefficient (Wildman–Crippen LogP) is -0.536. The van der Waals surface area contributed by atoms with Gasteiger partial charge in [-0.05, 0) is 12.3 Å². The average Bonchev–Trinajstić information content (AvgIpc) is 2.15. The molecule has 0 aromatic heterocycles. The number of rotatable bonds is 9. The summed E-state index contributed by atoms with van der Waals surface area (Å²) in [4.78, 5) is 0. The van der Waals surface area contributed by atoms with E-state index in [1.807, 2.05) is 13.8 Å². The maximum Gasteiger partial charge on any atom is 0.277 e. The Balaban J connectivity index is 4.18. The molecule has 0 amide bonds. The molecule has 3 N–H and O–H groups in total. The normalized spacial score (nSPS) is 14.3. The molecule has 0 bridgehead atoms. The molecule has 0 saturated heterocycles. The van der Waals surface area contributed by atoms with Crippen LogP contribution >= 0.6 is 0 Å². The van der Waals surface area contributed by atoms with Gasteiger partial charge in [-0.15, -0.1) is 0 Å². The largest absolute Gasteiger partial charge is 0.396 e. The molecule has 7 heteroatoms. The van der Waals surface area contributed by atoms with E-state index in [-0.39, 0.29) is 19.1 Å². The minimum Gasteiger partial charge on any atom is -0.396 e. The summed E-state index contributed by atoms with van der Waals surface area (Å²) < 4.78 is 32.8. The monoisotopic (exact) mass is 254 g/mol. The molecule has 0 aliphatic heterocycles. The highest BCUT2D eigenvalue weighted by molar-refractivity contribution is 7.87. The van der Waals surface area contributed by atoms with Gasteiger partial charge in [0.2, 0.25) is 0 Å². The predicted molar refractivity (Wildman–Crippen MR) is 62.3 cm³/mol. The van der Waals surface area contributed by atoms with E-state index in [9.17, 15) is 8.42 Å². The third-order valence-electron chi connectivity index (χ3n) is 1.85. The van der Waals surface area contributed by atoms with Gasteiger partial charge in [-0.2, -0.15) is 13.1 Å². The fraction of sp³-hybridized carbons (Fsp3) is 1.00. The van der Waals surface area contributed by atoms with Gasteiger partial charge in [0.05, 0.1) is 6.61 Å². The maximum absolute atomic E-state index is 11.5. The molecule has 0 aliphatic carbocycles. The molecular formula is C9H22N2O4S. The van der Waals surface area contributed by atoms with Crippen LogP contribution in [0.4, 0.5) is 0 Å². The van der Waals surface area contributed by atoms with E-state index >= 15 is 0 Å². The van der Waals surface area contributed by atoms with Crippen molar-refractivity contribution >= 4 is 10.2 Å². The SMILES string of the molecule is COCC(CCO)NS(=O)(=O)NCC(C)C. The molecule has 1 atom stereocenters. The van der Waals surface area contributed by atoms with Gasteiger partial charge in [0.15, 0.2) is 0 Å². The van der Waals surface area contributed by atoms with Gasteiger partial charge < -0.3 is 9.84 Å². The second-order valence-corrected chi connectivity index (χ2v) is 5.56. The smallest absolute Gasteiger partial charge is 0.277 e. The second kappa shape index (κ2) is 7.97. The van der Waals surface area contributed by atoms with Crippen LogP contribution in [0, 0.1) is 5.92 Å². The Morgan fingerprint density at radius 2 is 2.00 bits per heavy atom. The minimum atomic E-state index is -3.51. The van der Waals surface area contributed by atoms with Crippen molar-refractivity contribution in [3.05, 3.63) is 0 Å². The lowest BCUT2D eigenvalue weighted by Crippen LogP contribution is -2.45. The molecule has 0 fully saturated rings. The van der Waals surface area contributed by atoms with Crippen molar-refractivity contribution in [2.24, 2.45) is 5.92 Å². The van der Waals surface area contributed by atoms with Crippen LogP contribution in [0.3, 0.4) is 0 Å². The number of hydrogen-bond acceptors (Lipinski definition) is 4. The molecule has 0 saturated carbocycles. The first-order valence-corrected chi connectivity index (χ1v) is 6.76. The summed E-state index contributed by atoms with van der Waals surface area (Å²) in [7, 11) is -2.03. The van der Waals surface area contributed by atoms with Gasteiger partial charge >= 0.3 is 0 Å². The summed E-state index contributed by atoms with van der Waals surface area (Å²) in [5.74, 6) is 0.246. The number of hydrogen-bond donors (Lipinski definition) is 3. The van der Waals surface area contributed by atoms with E-state index < -0.39 is 16.3 Å². The molecule has 0 aromatic rings. The van der Waals surface area contributed by atoms with E-state index in [2.05, 4.69) is 9.44 Å². The fourth-order valence-electron chi connectivity index (χ4n) is 1.07. The molecule has 0 aliphatic rings. The van der Waals surface area contributed by atoms with Crippen LogP contribution in [0.2, 0.25) is 0 Å². The van der Waals surface area contributed by atoms with Crippen LogP contribution in [0.1, 0.15) is 20.3 Å². The van der Waals surface area contributed by atoms with E-state index in [0.29, 0.717) is 13.0 Å². The first kappa shape index (κ1) is 15.8. The summed E-state index contributed by atoms with van der Waals surface area (Å²) in [6.07, 6.45) is 0.330. The van der Waals surface area contributed by atoms with E-state index in [4.69, 9.17) is 9.84 Å². The Bertz CT molecular complexity index is 261. The summed E-state index contributed by atoms with van der Waals surface area (Å²) in [5, 5.41) is 8.77. The third-order valence-corrected chi connectivity index (χ3v) is 3.04. The molecule has 1 unspecified atom stereocenters. The highest BCUT2D eigenvalue weighted by atomic mass is 32.2. The van der Waals surface area contributed by atoms with E-state index in [0.717, 1.165) is 0 Å². The fourth-order valence-corrected chi connectivity index (χ4v) is 2.33. The van der Waals surface area contributed by atoms with Gasteiger partial charge in [-0.25, -0.2) is 4.72 Å². The molecule has 0 rings (SSSR count). The van der Waals surface area contributed by atoms with Crippen LogP contribution in [0.5, 0.6) is 0 Å². The molecule has 0 spiro atoms. The van der Waals surface area contributed by atoms with Gasteiger partial charge in [0.1, 0.15) is 0 Å². The zero-order chi connectivity index (χ0) is 12.6. The molecule has 16 heavy (non-hydrogen) atoms. The molecule has 98 valence electrons. The van der Waals surface area contributed by atoms with Gasteiger partial charge in [-0.1, -0.05) is 13.8 Å². The first-order chi connectivity index (χ1) is 7.41. The van der Waals surface area contributed by atoms with E-state index in [1.165, 1.54) is 7.11 Å². The highest BCUT2D eigenvalue weighted by Gasteiger charge is 2.17. The first-order valence-electron chi connectivity index (χ1n) is 5.28. The molecule has 6 nitrogen and oxygen atoms in total. The van der Waals surface area contributed by atoms with Crippen molar-refractivity contribution < 1.29 is 18.3 Å². The minimum absolute atomic E-state index is 0.0826. The summed E-state index contributed by atoms with van der Waals surface area (Å²) >= 11 is 0. The Morgan fingerprint density at radius 3 is 2.44 bits per heavy atom. The third kappa shape index (κ3) is 8.00. The summed E-state index contributed by atoms with van der Waals surface area (Å²) in [6.45, 7) is 4.38. The highest BCUT2D eigenvalue weighted by Crippen LogP contribution is 1.95. The lowest BCUT2D eigenvalue weighted by molar-refractivity contribution is 0.157.